The van der Waals surface area contributed by atoms with Crippen molar-refractivity contribution in [3.8, 4) is 5.75 Å². The van der Waals surface area contributed by atoms with E-state index in [1.807, 2.05) is 48.1 Å². The van der Waals surface area contributed by atoms with Crippen molar-refractivity contribution in [1.82, 2.24) is 19.4 Å². The molecule has 0 aliphatic carbocycles. The molecule has 0 unspecified atom stereocenters. The average molecular weight is 663 g/mol. The second kappa shape index (κ2) is 13.3. The Kier molecular flexibility index (Phi) is 8.72. The lowest BCUT2D eigenvalue weighted by Gasteiger charge is -2.34. The maximum Gasteiger partial charge on any atom is 0.323 e. The number of hydrogen-bond donors (Lipinski definition) is 2. The molecule has 3 amide bonds. The Morgan fingerprint density at radius 1 is 0.898 bits per heavy atom. The number of nitrogens with zero attached hydrogens (tertiary/aromatic N) is 6. The van der Waals surface area contributed by atoms with Gasteiger partial charge in [0.1, 0.15) is 11.4 Å². The first-order chi connectivity index (χ1) is 23.6. The minimum atomic E-state index is -0.402. The molecule has 2 fully saturated rings. The third-order valence-electron chi connectivity index (χ3n) is 9.70. The molecule has 49 heavy (non-hydrogen) atoms. The van der Waals surface area contributed by atoms with E-state index >= 15 is 0 Å². The van der Waals surface area contributed by atoms with Crippen molar-refractivity contribution < 1.29 is 19.1 Å². The van der Waals surface area contributed by atoms with E-state index in [1.165, 1.54) is 0 Å². The first-order valence-corrected chi connectivity index (χ1v) is 16.7. The number of fused-ring (bicyclic) bond motifs is 2. The summed E-state index contributed by atoms with van der Waals surface area (Å²) >= 11 is 0. The first kappa shape index (κ1) is 32.2. The SMILES string of the molecule is CN1CCN(c2ccc(NC(=O)Nc3ccc4c(c3)C(=O)C(=Cc3cn(C)c5nccc(N6CCC(C(=O)N(C)C)CC6)c35)O4)cc2)CC1. The number of nitrogens with one attached hydrogen (secondary N) is 2. The number of allylic oxidation sites excluding steroid dienone is 1. The predicted octanol–water partition coefficient (Wildman–Crippen LogP) is 4.89. The number of ketones is 1. The van der Waals surface area contributed by atoms with Crippen LogP contribution in [0.5, 0.6) is 5.75 Å². The van der Waals surface area contributed by atoms with Crippen LogP contribution in [0.4, 0.5) is 27.5 Å². The molecule has 3 aliphatic heterocycles. The van der Waals surface area contributed by atoms with Crippen LogP contribution in [0.3, 0.4) is 0 Å². The van der Waals surface area contributed by atoms with Crippen molar-refractivity contribution in [1.29, 1.82) is 0 Å². The zero-order chi connectivity index (χ0) is 34.2. The van der Waals surface area contributed by atoms with Crippen LogP contribution >= 0.6 is 0 Å². The average Bonchev–Trinajstić information content (AvgIpc) is 3.59. The molecule has 0 radical (unpaired) electrons. The zero-order valence-corrected chi connectivity index (χ0v) is 28.4. The fourth-order valence-corrected chi connectivity index (χ4v) is 6.95. The molecule has 4 aromatic rings. The van der Waals surface area contributed by atoms with Gasteiger partial charge in [-0.05, 0) is 74.5 Å². The number of aromatic nitrogens is 2. The van der Waals surface area contributed by atoms with Crippen LogP contribution in [0, 0.1) is 5.92 Å². The van der Waals surface area contributed by atoms with Gasteiger partial charge < -0.3 is 39.5 Å². The summed E-state index contributed by atoms with van der Waals surface area (Å²) < 4.78 is 7.99. The monoisotopic (exact) mass is 662 g/mol. The van der Waals surface area contributed by atoms with Gasteiger partial charge in [0.2, 0.25) is 11.7 Å². The zero-order valence-electron chi connectivity index (χ0n) is 28.4. The lowest BCUT2D eigenvalue weighted by molar-refractivity contribution is -0.133. The van der Waals surface area contributed by atoms with Gasteiger partial charge in [0.15, 0.2) is 5.76 Å². The Balaban J connectivity index is 1.04. The standard InChI is InChI=1S/C37H42N8O4/c1-41(2)36(47)24-12-15-45(16-13-24)30-11-14-38-35-33(30)25(23-43(35)4)21-32-34(46)29-22-27(7-10-31(29)49-32)40-37(48)39-26-5-8-28(9-6-26)44-19-17-42(3)18-20-44/h5-11,14,21-24H,12-13,15-20H2,1-4H3,(H2,39,40,48). The lowest BCUT2D eigenvalue weighted by Crippen LogP contribution is -2.44. The second-order valence-corrected chi connectivity index (χ2v) is 13.3. The third-order valence-corrected chi connectivity index (χ3v) is 9.70. The number of aryl methyl sites for hydroxylation is 1. The molecule has 0 atom stereocenters. The highest BCUT2D eigenvalue weighted by molar-refractivity contribution is 6.16. The number of benzene rings is 2. The van der Waals surface area contributed by atoms with E-state index in [0.29, 0.717) is 22.7 Å². The number of Topliss-reactive ketones (excluding diaryl/α,β-unsaturated/α-hetero) is 1. The predicted molar refractivity (Wildman–Crippen MR) is 193 cm³/mol. The number of anilines is 4. The third kappa shape index (κ3) is 6.56. The normalized spacial score (nSPS) is 17.7. The number of hydrogen-bond acceptors (Lipinski definition) is 8. The van der Waals surface area contributed by atoms with Gasteiger partial charge in [0.25, 0.3) is 0 Å². The number of carbonyl (C=O) groups excluding carboxylic acids is 3. The Hall–Kier alpha value is -5.36. The number of ether oxygens (including phenoxy) is 1. The van der Waals surface area contributed by atoms with Gasteiger partial charge in [0, 0.05) is 112 Å². The maximum atomic E-state index is 13.6. The molecule has 0 bridgehead atoms. The number of rotatable bonds is 6. The topological polar surface area (TPSA) is 115 Å². The van der Waals surface area contributed by atoms with Gasteiger partial charge in [-0.25, -0.2) is 9.78 Å². The Morgan fingerprint density at radius 2 is 1.59 bits per heavy atom. The van der Waals surface area contributed by atoms with Crippen LogP contribution in [0.15, 0.2) is 66.7 Å². The molecule has 5 heterocycles. The van der Waals surface area contributed by atoms with Gasteiger partial charge in [-0.2, -0.15) is 0 Å². The van der Waals surface area contributed by atoms with Crippen LogP contribution in [0.1, 0.15) is 28.8 Å². The van der Waals surface area contributed by atoms with Crippen molar-refractivity contribution in [2.24, 2.45) is 13.0 Å². The molecule has 2 aromatic heterocycles. The summed E-state index contributed by atoms with van der Waals surface area (Å²) in [4.78, 5) is 52.3. The quantitative estimate of drug-likeness (QED) is 0.281. The van der Waals surface area contributed by atoms with E-state index in [9.17, 15) is 14.4 Å². The largest absolute Gasteiger partial charge is 0.452 e. The molecule has 0 spiro atoms. The number of urea groups is 1. The maximum absolute atomic E-state index is 13.6. The van der Waals surface area contributed by atoms with E-state index < -0.39 is 6.03 Å². The van der Waals surface area contributed by atoms with Crippen LogP contribution in [-0.2, 0) is 11.8 Å². The Bertz CT molecular complexity index is 1930. The highest BCUT2D eigenvalue weighted by Crippen LogP contribution is 2.37. The van der Waals surface area contributed by atoms with Gasteiger partial charge in [0.05, 0.1) is 5.56 Å². The van der Waals surface area contributed by atoms with Crippen LogP contribution in [-0.4, -0.2) is 97.5 Å². The minimum absolute atomic E-state index is 0.0215. The van der Waals surface area contributed by atoms with Gasteiger partial charge in [-0.3, -0.25) is 9.59 Å². The van der Waals surface area contributed by atoms with E-state index in [0.717, 1.165) is 80.1 Å². The number of carbonyl (C=O) groups is 3. The number of amides is 3. The van der Waals surface area contributed by atoms with Gasteiger partial charge in [-0.1, -0.05) is 0 Å². The molecule has 7 rings (SSSR count). The van der Waals surface area contributed by atoms with Crippen LogP contribution in [0.25, 0.3) is 17.1 Å². The molecule has 2 aromatic carbocycles. The summed E-state index contributed by atoms with van der Waals surface area (Å²) in [6, 6.07) is 14.5. The summed E-state index contributed by atoms with van der Waals surface area (Å²) in [6.07, 6.45) is 7.07. The molecule has 2 N–H and O–H groups in total. The van der Waals surface area contributed by atoms with Crippen molar-refractivity contribution in [2.45, 2.75) is 12.8 Å². The van der Waals surface area contributed by atoms with E-state index in [2.05, 4.69) is 37.4 Å². The second-order valence-electron chi connectivity index (χ2n) is 13.3. The summed E-state index contributed by atoms with van der Waals surface area (Å²) in [5.74, 6) is 0.575. The fraction of sp³-hybridized carbons (Fsp3) is 0.351. The molecular weight excluding hydrogens is 620 g/mol. The fourth-order valence-electron chi connectivity index (χ4n) is 6.95. The number of piperazine rings is 1. The van der Waals surface area contributed by atoms with Crippen molar-refractivity contribution in [3.63, 3.8) is 0 Å². The number of piperidine rings is 1. The molecule has 0 saturated carbocycles. The van der Waals surface area contributed by atoms with Crippen molar-refractivity contribution in [3.05, 3.63) is 77.8 Å². The van der Waals surface area contributed by atoms with Crippen LogP contribution < -0.4 is 25.2 Å². The first-order valence-electron chi connectivity index (χ1n) is 16.7. The number of likely N-dealkylation sites (N-methyl/N-ethyl adjacent to an activating group) is 1. The highest BCUT2D eigenvalue weighted by Gasteiger charge is 2.30. The molecule has 12 nitrogen and oxygen atoms in total. The van der Waals surface area contributed by atoms with E-state index in [4.69, 9.17) is 4.74 Å². The van der Waals surface area contributed by atoms with Gasteiger partial charge in [-0.15, -0.1) is 0 Å². The summed E-state index contributed by atoms with van der Waals surface area (Å²) in [5, 5.41) is 6.65. The van der Waals surface area contributed by atoms with Crippen LogP contribution in [0.2, 0.25) is 0 Å². The number of pyridine rings is 1. The van der Waals surface area contributed by atoms with Gasteiger partial charge >= 0.3 is 6.03 Å². The molecule has 12 heteroatoms. The summed E-state index contributed by atoms with van der Waals surface area (Å²) in [7, 11) is 7.67. The van der Waals surface area contributed by atoms with Crippen molar-refractivity contribution in [2.75, 3.05) is 80.8 Å². The summed E-state index contributed by atoms with van der Waals surface area (Å²) in [6.45, 7) is 5.50. The Labute approximate surface area is 285 Å². The molecule has 3 aliphatic rings. The molecular formula is C37H42N8O4. The smallest absolute Gasteiger partial charge is 0.323 e. The van der Waals surface area contributed by atoms with E-state index in [-0.39, 0.29) is 23.4 Å². The Morgan fingerprint density at radius 3 is 2.31 bits per heavy atom. The van der Waals surface area contributed by atoms with Crippen molar-refractivity contribution >= 4 is 57.6 Å². The van der Waals surface area contributed by atoms with E-state index in [1.54, 1.807) is 49.5 Å². The summed E-state index contributed by atoms with van der Waals surface area (Å²) in [5.41, 5.74) is 5.31. The highest BCUT2D eigenvalue weighted by atomic mass is 16.5. The minimum Gasteiger partial charge on any atom is -0.452 e. The molecule has 2 saturated heterocycles. The lowest BCUT2D eigenvalue weighted by atomic mass is 9.95. The molecule has 254 valence electrons.